The number of phenols is 1. The lowest BCUT2D eigenvalue weighted by Gasteiger charge is -2.01. The van der Waals surface area contributed by atoms with Crippen molar-refractivity contribution in [3.05, 3.63) is 18.2 Å². The van der Waals surface area contributed by atoms with Crippen molar-refractivity contribution >= 4 is 5.69 Å². The molecule has 0 saturated heterocycles. The minimum atomic E-state index is -0.0129. The Labute approximate surface area is 73.4 Å². The Bertz CT molecular complexity index is 411. The van der Waals surface area contributed by atoms with E-state index in [1.807, 2.05) is 0 Å². The number of para-hydroxylation sites is 1. The number of rotatable bonds is 1. The minimum absolute atomic E-state index is 0.0129. The van der Waals surface area contributed by atoms with Crippen molar-refractivity contribution in [2.24, 2.45) is 0 Å². The summed E-state index contributed by atoms with van der Waals surface area (Å²) in [6, 6.07) is 4.99. The fraction of sp³-hybridized carbons (Fsp3) is 0. The first kappa shape index (κ1) is 7.53. The topological polar surface area (TPSA) is 101 Å². The van der Waals surface area contributed by atoms with Gasteiger partial charge in [0.25, 0.3) is 0 Å². The third-order valence-corrected chi connectivity index (χ3v) is 1.67. The molecule has 13 heavy (non-hydrogen) atoms. The number of aromatic amines is 1. The molecular formula is C7H7N5O. The maximum Gasteiger partial charge on any atom is 0.183 e. The van der Waals surface area contributed by atoms with Crippen LogP contribution in [0.2, 0.25) is 0 Å². The lowest BCUT2D eigenvalue weighted by molar-refractivity contribution is 0.479. The van der Waals surface area contributed by atoms with Crippen LogP contribution in [0.1, 0.15) is 0 Å². The molecule has 0 radical (unpaired) electrons. The summed E-state index contributed by atoms with van der Waals surface area (Å²) in [5.74, 6) is 0.380. The number of nitrogens with one attached hydrogen (secondary N) is 1. The number of nitrogens with two attached hydrogens (primary N) is 1. The summed E-state index contributed by atoms with van der Waals surface area (Å²) in [5, 5.41) is 22.5. The van der Waals surface area contributed by atoms with Gasteiger partial charge in [0.05, 0.1) is 11.3 Å². The van der Waals surface area contributed by atoms with Crippen molar-refractivity contribution in [2.45, 2.75) is 0 Å². The van der Waals surface area contributed by atoms with E-state index in [-0.39, 0.29) is 5.75 Å². The van der Waals surface area contributed by atoms with Crippen LogP contribution in [0.15, 0.2) is 18.2 Å². The fourth-order valence-electron chi connectivity index (χ4n) is 1.03. The summed E-state index contributed by atoms with van der Waals surface area (Å²) in [4.78, 5) is 0. The van der Waals surface area contributed by atoms with Gasteiger partial charge in [-0.05, 0) is 22.6 Å². The van der Waals surface area contributed by atoms with Gasteiger partial charge in [-0.15, -0.1) is 5.10 Å². The number of hydrogen-bond acceptors (Lipinski definition) is 5. The van der Waals surface area contributed by atoms with Crippen LogP contribution in [0, 0.1) is 0 Å². The molecule has 0 aliphatic rings. The Morgan fingerprint density at radius 3 is 2.92 bits per heavy atom. The van der Waals surface area contributed by atoms with E-state index in [4.69, 9.17) is 5.73 Å². The van der Waals surface area contributed by atoms with E-state index in [1.165, 1.54) is 0 Å². The molecule has 66 valence electrons. The highest BCUT2D eigenvalue weighted by atomic mass is 16.3. The first-order valence-corrected chi connectivity index (χ1v) is 3.60. The van der Waals surface area contributed by atoms with Gasteiger partial charge in [0.2, 0.25) is 0 Å². The van der Waals surface area contributed by atoms with Gasteiger partial charge in [0.1, 0.15) is 5.75 Å². The predicted octanol–water partition coefficient (Wildman–Crippen LogP) is 0.154. The van der Waals surface area contributed by atoms with E-state index in [0.717, 1.165) is 0 Å². The summed E-state index contributed by atoms with van der Waals surface area (Å²) < 4.78 is 0. The Morgan fingerprint density at radius 1 is 1.38 bits per heavy atom. The van der Waals surface area contributed by atoms with E-state index < -0.39 is 0 Å². The summed E-state index contributed by atoms with van der Waals surface area (Å²) in [7, 11) is 0. The molecule has 6 heteroatoms. The van der Waals surface area contributed by atoms with Crippen molar-refractivity contribution in [2.75, 3.05) is 5.73 Å². The largest absolute Gasteiger partial charge is 0.505 e. The van der Waals surface area contributed by atoms with Crippen LogP contribution in [0.4, 0.5) is 5.69 Å². The van der Waals surface area contributed by atoms with E-state index in [0.29, 0.717) is 17.1 Å². The Morgan fingerprint density at radius 2 is 2.23 bits per heavy atom. The molecule has 0 aliphatic carbocycles. The first-order valence-electron chi connectivity index (χ1n) is 3.60. The average molecular weight is 177 g/mol. The van der Waals surface area contributed by atoms with E-state index in [1.54, 1.807) is 18.2 Å². The highest BCUT2D eigenvalue weighted by molar-refractivity contribution is 5.71. The second kappa shape index (κ2) is 2.74. The molecule has 0 aliphatic heterocycles. The molecule has 1 aromatic heterocycles. The Balaban J connectivity index is 2.59. The molecule has 1 heterocycles. The summed E-state index contributed by atoms with van der Waals surface area (Å²) in [5.41, 5.74) is 6.28. The van der Waals surface area contributed by atoms with Crippen LogP contribution in [-0.2, 0) is 0 Å². The summed E-state index contributed by atoms with van der Waals surface area (Å²) in [6.07, 6.45) is 0. The number of nitrogens with zero attached hydrogens (tertiary/aromatic N) is 3. The molecular weight excluding hydrogens is 170 g/mol. The highest BCUT2D eigenvalue weighted by Crippen LogP contribution is 2.30. The number of benzene rings is 1. The average Bonchev–Trinajstić information content (AvgIpc) is 2.62. The fourth-order valence-corrected chi connectivity index (χ4v) is 1.03. The molecule has 0 fully saturated rings. The number of nitrogen functional groups attached to an aromatic ring is 1. The predicted molar refractivity (Wildman–Crippen MR) is 45.7 cm³/mol. The van der Waals surface area contributed by atoms with Gasteiger partial charge in [-0.3, -0.25) is 0 Å². The SMILES string of the molecule is Nc1cccc(-c2nnn[nH]2)c1O. The third kappa shape index (κ3) is 1.18. The normalized spacial score (nSPS) is 10.2. The standard InChI is InChI=1S/C7H7N5O/c8-5-3-1-2-4(6(5)13)7-9-11-12-10-7/h1-3,13H,8H2,(H,9,10,11,12). The second-order valence-electron chi connectivity index (χ2n) is 2.49. The van der Waals surface area contributed by atoms with Crippen LogP contribution in [0.25, 0.3) is 11.4 Å². The molecule has 0 atom stereocenters. The number of H-pyrrole nitrogens is 1. The van der Waals surface area contributed by atoms with Gasteiger partial charge in [0, 0.05) is 0 Å². The number of phenolic OH excluding ortho intramolecular Hbond substituents is 1. The van der Waals surface area contributed by atoms with Gasteiger partial charge in [0.15, 0.2) is 5.82 Å². The molecule has 4 N–H and O–H groups in total. The maximum atomic E-state index is 9.53. The minimum Gasteiger partial charge on any atom is -0.505 e. The zero-order valence-corrected chi connectivity index (χ0v) is 6.60. The molecule has 0 amide bonds. The molecule has 0 spiro atoms. The van der Waals surface area contributed by atoms with Gasteiger partial charge in [-0.2, -0.15) is 0 Å². The molecule has 6 nitrogen and oxygen atoms in total. The quantitative estimate of drug-likeness (QED) is 0.425. The summed E-state index contributed by atoms with van der Waals surface area (Å²) in [6.45, 7) is 0. The Kier molecular flexibility index (Phi) is 1.59. The van der Waals surface area contributed by atoms with Crippen LogP contribution >= 0.6 is 0 Å². The zero-order valence-electron chi connectivity index (χ0n) is 6.60. The van der Waals surface area contributed by atoms with Crippen molar-refractivity contribution in [1.29, 1.82) is 0 Å². The van der Waals surface area contributed by atoms with Crippen molar-refractivity contribution < 1.29 is 5.11 Å². The first-order chi connectivity index (χ1) is 6.29. The van der Waals surface area contributed by atoms with Crippen molar-refractivity contribution in [1.82, 2.24) is 20.6 Å². The molecule has 0 unspecified atom stereocenters. The van der Waals surface area contributed by atoms with Crippen LogP contribution < -0.4 is 5.73 Å². The number of tetrazole rings is 1. The number of aromatic hydroxyl groups is 1. The summed E-state index contributed by atoms with van der Waals surface area (Å²) >= 11 is 0. The number of anilines is 1. The lowest BCUT2D eigenvalue weighted by Crippen LogP contribution is -1.88. The maximum absolute atomic E-state index is 9.53. The van der Waals surface area contributed by atoms with Gasteiger partial charge in [-0.25, -0.2) is 5.10 Å². The zero-order chi connectivity index (χ0) is 9.26. The van der Waals surface area contributed by atoms with E-state index >= 15 is 0 Å². The molecule has 0 bridgehead atoms. The molecule has 1 aromatic carbocycles. The third-order valence-electron chi connectivity index (χ3n) is 1.67. The van der Waals surface area contributed by atoms with Crippen LogP contribution in [0.5, 0.6) is 5.75 Å². The lowest BCUT2D eigenvalue weighted by atomic mass is 10.1. The van der Waals surface area contributed by atoms with Gasteiger partial charge in [-0.1, -0.05) is 6.07 Å². The monoisotopic (exact) mass is 177 g/mol. The number of aromatic nitrogens is 4. The van der Waals surface area contributed by atoms with Crippen LogP contribution in [-0.4, -0.2) is 25.7 Å². The van der Waals surface area contributed by atoms with E-state index in [9.17, 15) is 5.11 Å². The van der Waals surface area contributed by atoms with Crippen LogP contribution in [0.3, 0.4) is 0 Å². The second-order valence-corrected chi connectivity index (χ2v) is 2.49. The van der Waals surface area contributed by atoms with Crippen molar-refractivity contribution in [3.8, 4) is 17.1 Å². The highest BCUT2D eigenvalue weighted by Gasteiger charge is 2.09. The smallest absolute Gasteiger partial charge is 0.183 e. The van der Waals surface area contributed by atoms with E-state index in [2.05, 4.69) is 20.6 Å². The molecule has 2 rings (SSSR count). The number of hydrogen-bond donors (Lipinski definition) is 3. The van der Waals surface area contributed by atoms with Crippen molar-refractivity contribution in [3.63, 3.8) is 0 Å². The molecule has 0 saturated carbocycles. The Hall–Kier alpha value is -2.11. The van der Waals surface area contributed by atoms with Gasteiger partial charge >= 0.3 is 0 Å². The molecule has 2 aromatic rings. The van der Waals surface area contributed by atoms with Gasteiger partial charge < -0.3 is 10.8 Å².